The van der Waals surface area contributed by atoms with Crippen LogP contribution in [0.4, 0.5) is 0 Å². The van der Waals surface area contributed by atoms with Crippen LogP contribution in [0.15, 0.2) is 212 Å². The molecule has 0 bridgehead atoms. The molecule has 10 aromatic rings. The third-order valence-corrected chi connectivity index (χ3v) is 10.4. The van der Waals surface area contributed by atoms with E-state index >= 15 is 0 Å². The summed E-state index contributed by atoms with van der Waals surface area (Å²) in [7, 11) is 0. The van der Waals surface area contributed by atoms with Crippen molar-refractivity contribution in [2.75, 3.05) is 0 Å². The molecular weight excluding hydrogens is 679 g/mol. The van der Waals surface area contributed by atoms with Crippen LogP contribution in [0, 0.1) is 0 Å². The SMILES string of the molecule is c1ccc(-c2cc(-c3ccccc3)cc(-c3cc(-c4ccccc4)nc(-c4ccc5ccc6nc(-c7ccccc7)cc(-c7ccccc7)c6c5c4)n3)c2)cc1. The molecule has 10 rings (SSSR count). The monoisotopic (exact) mass is 713 g/mol. The predicted octanol–water partition coefficient (Wildman–Crippen LogP) is 13.8. The molecule has 3 heteroatoms. The van der Waals surface area contributed by atoms with Crippen LogP contribution in [0.25, 0.3) is 100 Å². The molecule has 0 spiro atoms. The lowest BCUT2D eigenvalue weighted by atomic mass is 9.93. The number of rotatable bonds is 7. The van der Waals surface area contributed by atoms with Gasteiger partial charge in [-0.15, -0.1) is 0 Å². The van der Waals surface area contributed by atoms with Gasteiger partial charge < -0.3 is 0 Å². The molecule has 0 radical (unpaired) electrons. The first kappa shape index (κ1) is 33.1. The zero-order chi connectivity index (χ0) is 37.3. The Morgan fingerprint density at radius 2 is 0.714 bits per heavy atom. The third kappa shape index (κ3) is 6.42. The van der Waals surface area contributed by atoms with Gasteiger partial charge in [0.1, 0.15) is 0 Å². The van der Waals surface area contributed by atoms with Gasteiger partial charge in [0.2, 0.25) is 0 Å². The second-order valence-electron chi connectivity index (χ2n) is 14.0. The molecule has 2 aromatic heterocycles. The summed E-state index contributed by atoms with van der Waals surface area (Å²) in [5.74, 6) is 0.668. The van der Waals surface area contributed by atoms with Gasteiger partial charge in [-0.25, -0.2) is 15.0 Å². The van der Waals surface area contributed by atoms with Gasteiger partial charge >= 0.3 is 0 Å². The maximum Gasteiger partial charge on any atom is 0.160 e. The number of fused-ring (bicyclic) bond motifs is 3. The van der Waals surface area contributed by atoms with Gasteiger partial charge in [0.05, 0.1) is 22.6 Å². The maximum absolute atomic E-state index is 5.36. The standard InChI is InChI=1S/C53H35N3/c1-6-16-36(17-7-1)43-30-44(37-18-8-2-9-19-37)32-45(31-43)51-35-50(41-24-14-5-15-25-41)55-53(56-51)42-27-26-39-28-29-48-52(46(39)33-42)47(38-20-10-3-11-21-38)34-49(54-48)40-22-12-4-13-23-40/h1-35H. The lowest BCUT2D eigenvalue weighted by molar-refractivity contribution is 1.18. The average molecular weight is 714 g/mol. The van der Waals surface area contributed by atoms with Crippen molar-refractivity contribution >= 4 is 21.7 Å². The molecule has 0 N–H and O–H groups in total. The number of hydrogen-bond donors (Lipinski definition) is 0. The Morgan fingerprint density at radius 3 is 1.27 bits per heavy atom. The summed E-state index contributed by atoms with van der Waals surface area (Å²) >= 11 is 0. The summed E-state index contributed by atoms with van der Waals surface area (Å²) in [5.41, 5.74) is 14.6. The van der Waals surface area contributed by atoms with Crippen LogP contribution in [0.1, 0.15) is 0 Å². The molecule has 0 aliphatic heterocycles. The van der Waals surface area contributed by atoms with E-state index in [1.807, 2.05) is 12.1 Å². The number of aromatic nitrogens is 3. The van der Waals surface area contributed by atoms with E-state index in [1.54, 1.807) is 0 Å². The van der Waals surface area contributed by atoms with Gasteiger partial charge in [0, 0.05) is 27.6 Å². The second kappa shape index (κ2) is 14.4. The molecule has 0 atom stereocenters. The molecular formula is C53H35N3. The zero-order valence-electron chi connectivity index (χ0n) is 30.5. The summed E-state index contributed by atoms with van der Waals surface area (Å²) in [6.45, 7) is 0. The van der Waals surface area contributed by atoms with Crippen molar-refractivity contribution in [3.8, 4) is 78.5 Å². The Hall–Kier alpha value is -7.49. The van der Waals surface area contributed by atoms with Gasteiger partial charge in [-0.1, -0.05) is 170 Å². The van der Waals surface area contributed by atoms with Crippen molar-refractivity contribution in [2.45, 2.75) is 0 Å². The van der Waals surface area contributed by atoms with Crippen LogP contribution in [-0.4, -0.2) is 15.0 Å². The van der Waals surface area contributed by atoms with Crippen LogP contribution in [0.3, 0.4) is 0 Å². The summed E-state index contributed by atoms with van der Waals surface area (Å²) in [4.78, 5) is 15.8. The average Bonchev–Trinajstić information content (AvgIpc) is 3.29. The van der Waals surface area contributed by atoms with Crippen molar-refractivity contribution in [3.63, 3.8) is 0 Å². The Morgan fingerprint density at radius 1 is 0.268 bits per heavy atom. The summed E-state index contributed by atoms with van der Waals surface area (Å²) in [6.07, 6.45) is 0. The number of pyridine rings is 1. The van der Waals surface area contributed by atoms with E-state index < -0.39 is 0 Å². The first-order valence-corrected chi connectivity index (χ1v) is 18.9. The van der Waals surface area contributed by atoms with Crippen LogP contribution < -0.4 is 0 Å². The van der Waals surface area contributed by atoms with E-state index in [2.05, 4.69) is 200 Å². The molecule has 262 valence electrons. The topological polar surface area (TPSA) is 38.7 Å². The first-order valence-electron chi connectivity index (χ1n) is 18.9. The zero-order valence-corrected chi connectivity index (χ0v) is 30.5. The Bertz CT molecular complexity index is 2920. The lowest BCUT2D eigenvalue weighted by Gasteiger charge is -2.15. The lowest BCUT2D eigenvalue weighted by Crippen LogP contribution is -1.97. The molecule has 8 aromatic carbocycles. The van der Waals surface area contributed by atoms with Crippen LogP contribution in [0.5, 0.6) is 0 Å². The van der Waals surface area contributed by atoms with E-state index in [4.69, 9.17) is 15.0 Å². The predicted molar refractivity (Wildman–Crippen MR) is 233 cm³/mol. The molecule has 2 heterocycles. The largest absolute Gasteiger partial charge is 0.248 e. The van der Waals surface area contributed by atoms with Gasteiger partial charge in [-0.3, -0.25) is 0 Å². The summed E-state index contributed by atoms with van der Waals surface area (Å²) < 4.78 is 0. The molecule has 56 heavy (non-hydrogen) atoms. The second-order valence-corrected chi connectivity index (χ2v) is 14.0. The molecule has 0 saturated carbocycles. The fourth-order valence-corrected chi connectivity index (χ4v) is 7.65. The Labute approximate surface area is 326 Å². The third-order valence-electron chi connectivity index (χ3n) is 10.4. The first-order chi connectivity index (χ1) is 27.7. The normalized spacial score (nSPS) is 11.2. The summed E-state index contributed by atoms with van der Waals surface area (Å²) in [5, 5.41) is 3.35. The number of hydrogen-bond acceptors (Lipinski definition) is 3. The molecule has 0 aliphatic rings. The highest BCUT2D eigenvalue weighted by Crippen LogP contribution is 2.39. The van der Waals surface area contributed by atoms with E-state index in [9.17, 15) is 0 Å². The van der Waals surface area contributed by atoms with Gasteiger partial charge in [0.25, 0.3) is 0 Å². The highest BCUT2D eigenvalue weighted by molar-refractivity contribution is 6.14. The molecule has 0 amide bonds. The minimum absolute atomic E-state index is 0.668. The van der Waals surface area contributed by atoms with Crippen LogP contribution in [-0.2, 0) is 0 Å². The van der Waals surface area contributed by atoms with Gasteiger partial charge in [-0.05, 0) is 86.6 Å². The fourth-order valence-electron chi connectivity index (χ4n) is 7.65. The van der Waals surface area contributed by atoms with E-state index in [-0.39, 0.29) is 0 Å². The maximum atomic E-state index is 5.36. The smallest absolute Gasteiger partial charge is 0.160 e. The van der Waals surface area contributed by atoms with Gasteiger partial charge in [-0.2, -0.15) is 0 Å². The number of nitrogens with zero attached hydrogens (tertiary/aromatic N) is 3. The van der Waals surface area contributed by atoms with Gasteiger partial charge in [0.15, 0.2) is 5.82 Å². The summed E-state index contributed by atoms with van der Waals surface area (Å²) in [6, 6.07) is 74.5. The highest BCUT2D eigenvalue weighted by Gasteiger charge is 2.17. The van der Waals surface area contributed by atoms with E-state index in [0.717, 1.165) is 94.4 Å². The van der Waals surface area contributed by atoms with E-state index in [0.29, 0.717) is 5.82 Å². The molecule has 0 saturated heterocycles. The van der Waals surface area contributed by atoms with Crippen molar-refractivity contribution in [3.05, 3.63) is 212 Å². The molecule has 0 aliphatic carbocycles. The highest BCUT2D eigenvalue weighted by atomic mass is 14.9. The van der Waals surface area contributed by atoms with Crippen LogP contribution in [0.2, 0.25) is 0 Å². The number of benzene rings is 8. The quantitative estimate of drug-likeness (QED) is 0.154. The van der Waals surface area contributed by atoms with Crippen LogP contribution >= 0.6 is 0 Å². The van der Waals surface area contributed by atoms with Crippen molar-refractivity contribution in [2.24, 2.45) is 0 Å². The Balaban J connectivity index is 1.20. The van der Waals surface area contributed by atoms with Crippen molar-refractivity contribution in [1.29, 1.82) is 0 Å². The van der Waals surface area contributed by atoms with E-state index in [1.165, 1.54) is 0 Å². The van der Waals surface area contributed by atoms with Crippen molar-refractivity contribution in [1.82, 2.24) is 15.0 Å². The Kier molecular flexibility index (Phi) is 8.51. The molecule has 0 unspecified atom stereocenters. The molecule has 3 nitrogen and oxygen atoms in total. The minimum atomic E-state index is 0.668. The molecule has 0 fully saturated rings. The fraction of sp³-hybridized carbons (Fsp3) is 0. The minimum Gasteiger partial charge on any atom is -0.248 e. The van der Waals surface area contributed by atoms with Crippen molar-refractivity contribution < 1.29 is 0 Å².